The molecule has 2 rings (SSSR count). The molecule has 5 N–H and O–H groups in total. The van der Waals surface area contributed by atoms with E-state index in [1.165, 1.54) is 12.3 Å². The van der Waals surface area contributed by atoms with Crippen LogP contribution in [0.15, 0.2) is 24.4 Å². The van der Waals surface area contributed by atoms with E-state index in [2.05, 4.69) is 4.98 Å². The number of aliphatic hydroxyl groups is 3. The highest BCUT2D eigenvalue weighted by Gasteiger charge is 2.19. The van der Waals surface area contributed by atoms with Crippen LogP contribution in [0, 0.1) is 0 Å². The SMILES string of the molecule is O=C(O)c1c[nH]c2ccc(C(O)C(O)CCO)cc12. The second-order valence-corrected chi connectivity index (χ2v) is 4.34. The van der Waals surface area contributed by atoms with Crippen LogP contribution in [0.5, 0.6) is 0 Å². The van der Waals surface area contributed by atoms with E-state index in [1.54, 1.807) is 12.1 Å². The number of nitrogens with one attached hydrogen (secondary N) is 1. The van der Waals surface area contributed by atoms with Crippen LogP contribution in [0.25, 0.3) is 10.9 Å². The topological polar surface area (TPSA) is 114 Å². The predicted molar refractivity (Wildman–Crippen MR) is 67.9 cm³/mol. The third-order valence-electron chi connectivity index (χ3n) is 3.07. The molecule has 0 saturated heterocycles. The van der Waals surface area contributed by atoms with Gasteiger partial charge in [0, 0.05) is 23.7 Å². The van der Waals surface area contributed by atoms with Gasteiger partial charge in [0.2, 0.25) is 0 Å². The first kappa shape index (κ1) is 13.5. The number of hydrogen-bond acceptors (Lipinski definition) is 4. The summed E-state index contributed by atoms with van der Waals surface area (Å²) in [7, 11) is 0. The molecule has 2 unspecified atom stereocenters. The van der Waals surface area contributed by atoms with E-state index in [9.17, 15) is 15.0 Å². The molecular formula is C13H15NO5. The van der Waals surface area contributed by atoms with E-state index in [0.717, 1.165) is 0 Å². The van der Waals surface area contributed by atoms with Crippen LogP contribution >= 0.6 is 0 Å². The molecule has 102 valence electrons. The first-order chi connectivity index (χ1) is 9.04. The summed E-state index contributed by atoms with van der Waals surface area (Å²) in [5.41, 5.74) is 1.17. The van der Waals surface area contributed by atoms with Gasteiger partial charge in [0.25, 0.3) is 0 Å². The molecule has 0 amide bonds. The van der Waals surface area contributed by atoms with Gasteiger partial charge < -0.3 is 25.4 Å². The fourth-order valence-electron chi connectivity index (χ4n) is 2.01. The number of benzene rings is 1. The first-order valence-electron chi connectivity index (χ1n) is 5.86. The first-order valence-corrected chi connectivity index (χ1v) is 5.86. The number of carboxylic acids is 1. The summed E-state index contributed by atoms with van der Waals surface area (Å²) in [4.78, 5) is 13.9. The zero-order valence-corrected chi connectivity index (χ0v) is 10.1. The molecule has 0 fully saturated rings. The lowest BCUT2D eigenvalue weighted by molar-refractivity contribution is 0.00429. The Morgan fingerprint density at radius 3 is 2.68 bits per heavy atom. The minimum Gasteiger partial charge on any atom is -0.478 e. The average Bonchev–Trinajstić information content (AvgIpc) is 2.80. The molecule has 2 atom stereocenters. The van der Waals surface area contributed by atoms with Crippen LogP contribution < -0.4 is 0 Å². The van der Waals surface area contributed by atoms with Crippen molar-refractivity contribution in [2.24, 2.45) is 0 Å². The Labute approximate surface area is 108 Å². The molecule has 19 heavy (non-hydrogen) atoms. The maximum Gasteiger partial charge on any atom is 0.337 e. The van der Waals surface area contributed by atoms with Crippen molar-refractivity contribution in [2.45, 2.75) is 18.6 Å². The average molecular weight is 265 g/mol. The van der Waals surface area contributed by atoms with Crippen LogP contribution in [0.3, 0.4) is 0 Å². The highest BCUT2D eigenvalue weighted by Crippen LogP contribution is 2.25. The lowest BCUT2D eigenvalue weighted by atomic mass is 10.00. The molecule has 0 spiro atoms. The van der Waals surface area contributed by atoms with Gasteiger partial charge in [0.1, 0.15) is 6.10 Å². The van der Waals surface area contributed by atoms with Crippen LogP contribution in [-0.2, 0) is 0 Å². The summed E-state index contributed by atoms with van der Waals surface area (Å²) in [6.45, 7) is -0.231. The largest absolute Gasteiger partial charge is 0.478 e. The molecule has 6 nitrogen and oxygen atoms in total. The lowest BCUT2D eigenvalue weighted by Gasteiger charge is -2.17. The Morgan fingerprint density at radius 1 is 1.32 bits per heavy atom. The summed E-state index contributed by atoms with van der Waals surface area (Å²) < 4.78 is 0. The molecule has 1 aromatic heterocycles. The normalized spacial score (nSPS) is 14.5. The fraction of sp³-hybridized carbons (Fsp3) is 0.308. The maximum absolute atomic E-state index is 11.0. The van der Waals surface area contributed by atoms with Crippen LogP contribution in [-0.4, -0.2) is 44.1 Å². The van der Waals surface area contributed by atoms with Gasteiger partial charge in [-0.2, -0.15) is 0 Å². The summed E-state index contributed by atoms with van der Waals surface area (Å²) >= 11 is 0. The Kier molecular flexibility index (Phi) is 3.84. The predicted octanol–water partition coefficient (Wildman–Crippen LogP) is 0.643. The van der Waals surface area contributed by atoms with E-state index in [1.807, 2.05) is 0 Å². The molecule has 1 aromatic carbocycles. The minimum atomic E-state index is -1.16. The number of H-pyrrole nitrogens is 1. The van der Waals surface area contributed by atoms with Crippen molar-refractivity contribution >= 4 is 16.9 Å². The Bertz CT molecular complexity index is 592. The number of aromatic nitrogens is 1. The molecule has 0 saturated carbocycles. The molecule has 0 aliphatic rings. The highest BCUT2D eigenvalue weighted by molar-refractivity contribution is 6.03. The van der Waals surface area contributed by atoms with Gasteiger partial charge in [-0.15, -0.1) is 0 Å². The Hall–Kier alpha value is -1.89. The van der Waals surface area contributed by atoms with Crippen molar-refractivity contribution in [1.82, 2.24) is 4.98 Å². The van der Waals surface area contributed by atoms with Gasteiger partial charge in [-0.1, -0.05) is 6.07 Å². The van der Waals surface area contributed by atoms with Gasteiger partial charge in [-0.3, -0.25) is 0 Å². The quantitative estimate of drug-likeness (QED) is 0.544. The third-order valence-corrected chi connectivity index (χ3v) is 3.07. The number of carbonyl (C=O) groups is 1. The smallest absolute Gasteiger partial charge is 0.337 e. The van der Waals surface area contributed by atoms with Crippen LogP contribution in [0.4, 0.5) is 0 Å². The number of rotatable bonds is 5. The number of hydrogen-bond donors (Lipinski definition) is 5. The van der Waals surface area contributed by atoms with Crippen molar-refractivity contribution in [2.75, 3.05) is 6.61 Å². The van der Waals surface area contributed by atoms with E-state index < -0.39 is 18.2 Å². The zero-order chi connectivity index (χ0) is 14.0. The Balaban J connectivity index is 2.39. The van der Waals surface area contributed by atoms with Crippen LogP contribution in [0.2, 0.25) is 0 Å². The van der Waals surface area contributed by atoms with Crippen molar-refractivity contribution in [3.05, 3.63) is 35.5 Å². The Morgan fingerprint density at radius 2 is 2.05 bits per heavy atom. The number of fused-ring (bicyclic) bond motifs is 1. The molecule has 0 radical (unpaired) electrons. The molecule has 2 aromatic rings. The highest BCUT2D eigenvalue weighted by atomic mass is 16.4. The summed E-state index contributed by atoms with van der Waals surface area (Å²) in [6, 6.07) is 4.78. The van der Waals surface area contributed by atoms with Crippen molar-refractivity contribution < 1.29 is 25.2 Å². The molecule has 1 heterocycles. The zero-order valence-electron chi connectivity index (χ0n) is 10.1. The lowest BCUT2D eigenvalue weighted by Crippen LogP contribution is -2.19. The second kappa shape index (κ2) is 5.40. The molecule has 0 aliphatic carbocycles. The number of aromatic amines is 1. The summed E-state index contributed by atoms with van der Waals surface area (Å²) in [6.07, 6.45) is -0.811. The minimum absolute atomic E-state index is 0.0537. The molecular weight excluding hydrogens is 250 g/mol. The van der Waals surface area contributed by atoms with Gasteiger partial charge in [0.15, 0.2) is 0 Å². The van der Waals surface area contributed by atoms with Gasteiger partial charge in [0.05, 0.1) is 11.7 Å². The third kappa shape index (κ3) is 2.60. The van der Waals surface area contributed by atoms with E-state index in [4.69, 9.17) is 10.2 Å². The standard InChI is InChI=1S/C13H15NO5/c15-4-3-11(16)12(17)7-1-2-10-8(5-7)9(6-14-10)13(18)19/h1-2,5-6,11-12,14-17H,3-4H2,(H,18,19). The molecule has 6 heteroatoms. The van der Waals surface area contributed by atoms with Gasteiger partial charge in [-0.25, -0.2) is 4.79 Å². The fourth-order valence-corrected chi connectivity index (χ4v) is 2.01. The van der Waals surface area contributed by atoms with Gasteiger partial charge >= 0.3 is 5.97 Å². The van der Waals surface area contributed by atoms with Crippen molar-refractivity contribution in [1.29, 1.82) is 0 Å². The molecule has 0 bridgehead atoms. The number of carboxylic acid groups (broad SMARTS) is 1. The van der Waals surface area contributed by atoms with E-state index in [-0.39, 0.29) is 18.6 Å². The van der Waals surface area contributed by atoms with Gasteiger partial charge in [-0.05, 0) is 24.1 Å². The van der Waals surface area contributed by atoms with Crippen LogP contribution in [0.1, 0.15) is 28.4 Å². The summed E-state index contributed by atoms with van der Waals surface area (Å²) in [5.74, 6) is -1.06. The maximum atomic E-state index is 11.0. The van der Waals surface area contributed by atoms with Crippen molar-refractivity contribution in [3.63, 3.8) is 0 Å². The number of aromatic carboxylic acids is 1. The van der Waals surface area contributed by atoms with E-state index in [0.29, 0.717) is 16.5 Å². The summed E-state index contributed by atoms with van der Waals surface area (Å²) in [5, 5.41) is 37.8. The second-order valence-electron chi connectivity index (χ2n) is 4.34. The number of aliphatic hydroxyl groups excluding tert-OH is 3. The van der Waals surface area contributed by atoms with Crippen molar-refractivity contribution in [3.8, 4) is 0 Å². The van der Waals surface area contributed by atoms with E-state index >= 15 is 0 Å². The monoisotopic (exact) mass is 265 g/mol. The molecule has 0 aliphatic heterocycles.